The number of hydrogen-bond acceptors (Lipinski definition) is 4. The SMILES string of the molecule is [B]c1cc([B])c2c(c1[B])c1c([B])c([B])cc([B])c1n2-c1cc(-c2ccccc2)c2oc3cc(-c4nc(-c5c([B])c([B])c([B])c([B])c5[B])nc(-c5c([B])c([B])c([B])c([B])c5[B])n4)ccc3c2c1. The summed E-state index contributed by atoms with van der Waals surface area (Å²) in [6.45, 7) is 0. The number of aromatic nitrogens is 4. The molecular weight excluding hydrogens is 786 g/mol. The van der Waals surface area contributed by atoms with Crippen molar-refractivity contribution < 1.29 is 4.42 Å². The Labute approximate surface area is 402 Å². The zero-order chi connectivity index (χ0) is 46.9. The maximum Gasteiger partial charge on any atom is 0.164 e. The van der Waals surface area contributed by atoms with Gasteiger partial charge in [-0.3, -0.25) is 0 Å². The van der Waals surface area contributed by atoms with Crippen LogP contribution >= 0.6 is 0 Å². The molecule has 3 heterocycles. The van der Waals surface area contributed by atoms with Gasteiger partial charge in [-0.1, -0.05) is 92.2 Å². The van der Waals surface area contributed by atoms with Gasteiger partial charge in [0.05, 0.1) is 0 Å². The van der Waals surface area contributed by atoms with E-state index < -0.39 is 0 Å². The van der Waals surface area contributed by atoms with E-state index in [1.54, 1.807) is 24.3 Å². The highest BCUT2D eigenvalue weighted by atomic mass is 16.3. The minimum atomic E-state index is -0.0496. The number of rotatable bonds is 5. The number of benzene rings is 7. The lowest BCUT2D eigenvalue weighted by atomic mass is 9.60. The summed E-state index contributed by atoms with van der Waals surface area (Å²) in [5.74, 6) is 0.00425. The molecule has 5 nitrogen and oxygen atoms in total. The molecule has 0 saturated heterocycles. The normalized spacial score (nSPS) is 11.7. The summed E-state index contributed by atoms with van der Waals surface area (Å²) in [6.07, 6.45) is 0. The Morgan fingerprint density at radius 2 is 0.833 bits per heavy atom. The van der Waals surface area contributed by atoms with Gasteiger partial charge in [-0.05, 0) is 40.6 Å². The fourth-order valence-electron chi connectivity index (χ4n) is 8.69. The highest BCUT2D eigenvalue weighted by molar-refractivity contribution is 6.70. The Bertz CT molecular complexity index is 3580. The van der Waals surface area contributed by atoms with Crippen molar-refractivity contribution in [1.82, 2.24) is 19.5 Å². The van der Waals surface area contributed by atoms with E-state index in [0.717, 1.165) is 21.9 Å². The van der Waals surface area contributed by atoms with Crippen molar-refractivity contribution in [2.45, 2.75) is 0 Å². The summed E-state index contributed by atoms with van der Waals surface area (Å²) in [7, 11) is 103. The van der Waals surface area contributed by atoms with Crippen molar-refractivity contribution in [2.24, 2.45) is 0 Å². The maximum atomic E-state index is 6.78. The van der Waals surface area contributed by atoms with Crippen molar-refractivity contribution in [3.63, 3.8) is 0 Å². The van der Waals surface area contributed by atoms with Gasteiger partial charge in [0.2, 0.25) is 0 Å². The molecule has 0 unspecified atom stereocenters. The average molecular weight is 798 g/mol. The molecule has 0 saturated carbocycles. The van der Waals surface area contributed by atoms with Gasteiger partial charge < -0.3 is 8.98 Å². The summed E-state index contributed by atoms with van der Waals surface area (Å²) in [5, 5.41) is 2.47. The molecule has 3 aromatic heterocycles. The molecule has 66 heavy (non-hydrogen) atoms. The van der Waals surface area contributed by atoms with Crippen molar-refractivity contribution in [2.75, 3.05) is 0 Å². The smallest absolute Gasteiger partial charge is 0.164 e. The molecule has 21 heteroatoms. The molecular formula is C45H12B16N4O. The topological polar surface area (TPSA) is 56.7 Å². The van der Waals surface area contributed by atoms with Gasteiger partial charge in [0.1, 0.15) is 137 Å². The molecule has 0 fully saturated rings. The Hall–Kier alpha value is -5.81. The second-order valence-electron chi connectivity index (χ2n) is 16.0. The molecule has 7 aromatic carbocycles. The zero-order valence-corrected chi connectivity index (χ0v) is 34.9. The van der Waals surface area contributed by atoms with Crippen molar-refractivity contribution >= 4 is 257 Å². The molecule has 0 bridgehead atoms. The molecule has 32 radical (unpaired) electrons. The van der Waals surface area contributed by atoms with Gasteiger partial charge in [-0.2, -0.15) is 0 Å². The predicted molar refractivity (Wildman–Crippen MR) is 289 cm³/mol. The van der Waals surface area contributed by atoms with Crippen LogP contribution in [-0.4, -0.2) is 145 Å². The highest BCUT2D eigenvalue weighted by Crippen LogP contribution is 2.40. The van der Waals surface area contributed by atoms with Crippen LogP contribution < -0.4 is 87.4 Å². The van der Waals surface area contributed by atoms with Crippen LogP contribution in [-0.2, 0) is 0 Å². The molecule has 10 rings (SSSR count). The number of fused-ring (bicyclic) bond motifs is 6. The van der Waals surface area contributed by atoms with Crippen LogP contribution in [0.5, 0.6) is 0 Å². The third-order valence-corrected chi connectivity index (χ3v) is 12.1. The number of furan rings is 1. The highest BCUT2D eigenvalue weighted by Gasteiger charge is 2.25. The standard InChI is InChI=1S/C45H12B16N4O/c46-19-11-21(48)40-24(28(19)50)25-29(51)20(47)12-22(49)41(25)65(40)15-9-17(13-4-2-1-3-5-13)42-18(10-15)16-7-6-14(8-23(16)66-42)43-62-44(26-30(52)34(56)38(60)35(57)31(26)53)64-45(63-43)27-32(54)36(58)39(61)37(59)33(27)55/h1-12H. The number of nitrogens with zero attached hydrogens (tertiary/aromatic N) is 4. The predicted octanol–water partition coefficient (Wildman–Crippen LogP) is -7.76. The monoisotopic (exact) mass is 800 g/mol. The number of hydrogen-bond donors (Lipinski definition) is 0. The maximum absolute atomic E-state index is 6.78. The quantitative estimate of drug-likeness (QED) is 0.163. The van der Waals surface area contributed by atoms with Gasteiger partial charge >= 0.3 is 0 Å². The Morgan fingerprint density at radius 3 is 1.32 bits per heavy atom. The van der Waals surface area contributed by atoms with Crippen LogP contribution in [0.3, 0.4) is 0 Å². The largest absolute Gasteiger partial charge is 0.455 e. The van der Waals surface area contributed by atoms with E-state index in [4.69, 9.17) is 145 Å². The first-order chi connectivity index (χ1) is 31.4. The molecule has 10 aromatic rings. The molecule has 0 atom stereocenters. The lowest BCUT2D eigenvalue weighted by Crippen LogP contribution is -2.55. The van der Waals surface area contributed by atoms with E-state index in [0.29, 0.717) is 55.1 Å². The fraction of sp³-hybridized carbons (Fsp3) is 0. The van der Waals surface area contributed by atoms with E-state index >= 15 is 0 Å². The second kappa shape index (κ2) is 15.9. The Kier molecular flexibility index (Phi) is 10.6. The average Bonchev–Trinajstić information content (AvgIpc) is 3.87. The molecule has 0 N–H and O–H groups in total. The van der Waals surface area contributed by atoms with Gasteiger partial charge in [0.15, 0.2) is 17.5 Å². The first-order valence-electron chi connectivity index (χ1n) is 20.0. The Morgan fingerprint density at radius 1 is 0.379 bits per heavy atom. The summed E-state index contributed by atoms with van der Waals surface area (Å²) >= 11 is 0. The van der Waals surface area contributed by atoms with Gasteiger partial charge in [0, 0.05) is 49.7 Å². The van der Waals surface area contributed by atoms with Gasteiger partial charge in [0.25, 0.3) is 0 Å². The van der Waals surface area contributed by atoms with Crippen LogP contribution in [0.15, 0.2) is 77.2 Å². The third kappa shape index (κ3) is 6.49. The van der Waals surface area contributed by atoms with E-state index in [-0.39, 0.29) is 105 Å². The minimum absolute atomic E-state index is 0.00284. The zero-order valence-electron chi connectivity index (χ0n) is 34.9. The van der Waals surface area contributed by atoms with E-state index in [2.05, 4.69) is 0 Å². The summed E-state index contributed by atoms with van der Waals surface area (Å²) < 4.78 is 8.70. The molecule has 0 aliphatic rings. The fourth-order valence-corrected chi connectivity index (χ4v) is 8.69. The molecule has 0 amide bonds. The van der Waals surface area contributed by atoms with Crippen LogP contribution in [0.4, 0.5) is 0 Å². The van der Waals surface area contributed by atoms with Crippen molar-refractivity contribution in [1.29, 1.82) is 0 Å². The summed E-state index contributed by atoms with van der Waals surface area (Å²) in [4.78, 5) is 14.3. The first-order valence-corrected chi connectivity index (χ1v) is 20.0. The summed E-state index contributed by atoms with van der Waals surface area (Å²) in [6, 6.07) is 22.3. The van der Waals surface area contributed by atoms with Crippen LogP contribution in [0.25, 0.3) is 94.7 Å². The third-order valence-electron chi connectivity index (χ3n) is 12.1. The van der Waals surface area contributed by atoms with Gasteiger partial charge in [-0.15, -0.1) is 43.7 Å². The van der Waals surface area contributed by atoms with Crippen molar-refractivity contribution in [3.8, 4) is 51.0 Å². The van der Waals surface area contributed by atoms with Gasteiger partial charge in [-0.25, -0.2) is 15.0 Å². The minimum Gasteiger partial charge on any atom is -0.455 e. The van der Waals surface area contributed by atoms with Crippen LogP contribution in [0.1, 0.15) is 0 Å². The molecule has 266 valence electrons. The second-order valence-corrected chi connectivity index (χ2v) is 16.0. The lowest BCUT2D eigenvalue weighted by Gasteiger charge is -2.22. The lowest BCUT2D eigenvalue weighted by molar-refractivity contribution is 0.670. The first kappa shape index (κ1) is 44.0. The van der Waals surface area contributed by atoms with E-state index in [1.807, 2.05) is 53.1 Å². The van der Waals surface area contributed by atoms with Crippen LogP contribution in [0, 0.1) is 0 Å². The summed E-state index contributed by atoms with van der Waals surface area (Å²) in [5.41, 5.74) is 6.51. The van der Waals surface area contributed by atoms with E-state index in [9.17, 15) is 0 Å². The molecule has 0 aliphatic carbocycles. The molecule has 0 spiro atoms. The van der Waals surface area contributed by atoms with Crippen LogP contribution in [0.2, 0.25) is 0 Å². The van der Waals surface area contributed by atoms with Crippen molar-refractivity contribution in [3.05, 3.63) is 72.8 Å². The van der Waals surface area contributed by atoms with E-state index in [1.165, 1.54) is 0 Å². The Balaban J connectivity index is 1.26. The molecule has 0 aliphatic heterocycles.